The van der Waals surface area contributed by atoms with Crippen LogP contribution in [0.15, 0.2) is 12.3 Å². The Labute approximate surface area is 142 Å². The van der Waals surface area contributed by atoms with E-state index in [0.29, 0.717) is 38.6 Å². The Morgan fingerprint density at radius 1 is 1.38 bits per heavy atom. The molecule has 1 atom stereocenters. The monoisotopic (exact) mass is 335 g/mol. The highest BCUT2D eigenvalue weighted by Crippen LogP contribution is 2.29. The van der Waals surface area contributed by atoms with Crippen molar-refractivity contribution in [1.29, 1.82) is 0 Å². The first kappa shape index (κ1) is 16.8. The number of aromatic nitrogens is 1. The summed E-state index contributed by atoms with van der Waals surface area (Å²) in [6, 6.07) is 2.15. The van der Waals surface area contributed by atoms with Gasteiger partial charge < -0.3 is 24.4 Å². The van der Waals surface area contributed by atoms with Gasteiger partial charge in [0.1, 0.15) is 18.8 Å². The highest BCUT2D eigenvalue weighted by molar-refractivity contribution is 5.68. The number of carbonyl (C=O) groups is 1. The van der Waals surface area contributed by atoms with Crippen molar-refractivity contribution in [2.45, 2.75) is 45.4 Å². The molecule has 1 amide bonds. The third-order valence-electron chi connectivity index (χ3n) is 3.90. The van der Waals surface area contributed by atoms with E-state index in [2.05, 4.69) is 10.3 Å². The number of nitrogens with zero attached hydrogens (tertiary/aromatic N) is 2. The van der Waals surface area contributed by atoms with E-state index in [1.165, 1.54) is 0 Å². The van der Waals surface area contributed by atoms with Crippen LogP contribution in [0.1, 0.15) is 32.9 Å². The van der Waals surface area contributed by atoms with Gasteiger partial charge in [0.15, 0.2) is 11.5 Å². The van der Waals surface area contributed by atoms with Crippen LogP contribution in [0.5, 0.6) is 11.5 Å². The summed E-state index contributed by atoms with van der Waals surface area (Å²) in [5.41, 5.74) is 0.438. The molecule has 132 valence electrons. The van der Waals surface area contributed by atoms with Gasteiger partial charge in [-0.1, -0.05) is 0 Å². The van der Waals surface area contributed by atoms with Crippen LogP contribution in [-0.2, 0) is 11.3 Å². The lowest BCUT2D eigenvalue weighted by Crippen LogP contribution is -2.38. The summed E-state index contributed by atoms with van der Waals surface area (Å²) in [5.74, 6) is 1.44. The molecule has 1 aromatic heterocycles. The van der Waals surface area contributed by atoms with Crippen LogP contribution in [0, 0.1) is 0 Å². The number of hydrogen-bond acceptors (Lipinski definition) is 6. The zero-order chi connectivity index (χ0) is 17.2. The fraction of sp³-hybridized carbons (Fsp3) is 0.647. The number of rotatable bonds is 3. The van der Waals surface area contributed by atoms with Crippen molar-refractivity contribution in [2.75, 3.05) is 26.3 Å². The number of hydrogen-bond donors (Lipinski definition) is 1. The van der Waals surface area contributed by atoms with Crippen molar-refractivity contribution >= 4 is 6.09 Å². The zero-order valence-corrected chi connectivity index (χ0v) is 14.5. The second-order valence-electron chi connectivity index (χ2n) is 7.11. The van der Waals surface area contributed by atoms with Crippen molar-refractivity contribution in [3.05, 3.63) is 18.0 Å². The zero-order valence-electron chi connectivity index (χ0n) is 14.5. The van der Waals surface area contributed by atoms with E-state index in [-0.39, 0.29) is 12.1 Å². The van der Waals surface area contributed by atoms with Crippen molar-refractivity contribution < 1.29 is 19.0 Å². The van der Waals surface area contributed by atoms with Crippen molar-refractivity contribution in [2.24, 2.45) is 0 Å². The van der Waals surface area contributed by atoms with Crippen molar-refractivity contribution in [3.63, 3.8) is 0 Å². The van der Waals surface area contributed by atoms with Gasteiger partial charge >= 0.3 is 6.09 Å². The van der Waals surface area contributed by atoms with E-state index in [4.69, 9.17) is 14.2 Å². The molecule has 2 aliphatic rings. The standard InChI is InChI=1S/C17H25N3O4/c1-17(2,3)24-16(21)20-5-4-12(11-20)18-9-13-8-14-15(10-19-13)23-7-6-22-14/h8,10,12,18H,4-7,9,11H2,1-3H3/t12-/m1/s1. The number of nitrogens with one attached hydrogen (secondary N) is 1. The van der Waals surface area contributed by atoms with Crippen LogP contribution in [0.25, 0.3) is 0 Å². The van der Waals surface area contributed by atoms with Gasteiger partial charge in [0.2, 0.25) is 0 Å². The Morgan fingerprint density at radius 2 is 2.12 bits per heavy atom. The quantitative estimate of drug-likeness (QED) is 0.910. The molecule has 1 aromatic rings. The van der Waals surface area contributed by atoms with Crippen LogP contribution in [-0.4, -0.2) is 53.9 Å². The summed E-state index contributed by atoms with van der Waals surface area (Å²) >= 11 is 0. The Bertz CT molecular complexity index is 600. The van der Waals surface area contributed by atoms with Crippen LogP contribution < -0.4 is 14.8 Å². The normalized spacial score (nSPS) is 20.1. The Hall–Kier alpha value is -2.02. The molecule has 2 aliphatic heterocycles. The number of pyridine rings is 1. The Kier molecular flexibility index (Phi) is 4.80. The molecule has 7 heteroatoms. The van der Waals surface area contributed by atoms with E-state index in [1.54, 1.807) is 11.1 Å². The molecule has 7 nitrogen and oxygen atoms in total. The predicted molar refractivity (Wildman–Crippen MR) is 88.3 cm³/mol. The SMILES string of the molecule is CC(C)(C)OC(=O)N1CC[C@@H](NCc2cc3c(cn2)OCCO3)C1. The molecule has 3 heterocycles. The molecule has 0 bridgehead atoms. The highest BCUT2D eigenvalue weighted by Gasteiger charge is 2.29. The molecule has 0 saturated carbocycles. The molecule has 1 fully saturated rings. The Morgan fingerprint density at radius 3 is 2.88 bits per heavy atom. The molecule has 24 heavy (non-hydrogen) atoms. The van der Waals surface area contributed by atoms with E-state index in [0.717, 1.165) is 17.9 Å². The lowest BCUT2D eigenvalue weighted by atomic mass is 10.2. The first-order chi connectivity index (χ1) is 11.4. The van der Waals surface area contributed by atoms with Crippen molar-refractivity contribution in [1.82, 2.24) is 15.2 Å². The predicted octanol–water partition coefficient (Wildman–Crippen LogP) is 1.95. The number of likely N-dealkylation sites (tertiary alicyclic amines) is 1. The van der Waals surface area contributed by atoms with Gasteiger partial charge in [0.25, 0.3) is 0 Å². The van der Waals surface area contributed by atoms with Crippen LogP contribution in [0.2, 0.25) is 0 Å². The van der Waals surface area contributed by atoms with Crippen molar-refractivity contribution in [3.8, 4) is 11.5 Å². The number of amides is 1. The molecular weight excluding hydrogens is 310 g/mol. The minimum absolute atomic E-state index is 0.243. The fourth-order valence-electron chi connectivity index (χ4n) is 2.75. The molecule has 0 spiro atoms. The summed E-state index contributed by atoms with van der Waals surface area (Å²) in [4.78, 5) is 18.2. The minimum Gasteiger partial charge on any atom is -0.486 e. The van der Waals surface area contributed by atoms with Crippen LogP contribution >= 0.6 is 0 Å². The van der Waals surface area contributed by atoms with Gasteiger partial charge in [-0.25, -0.2) is 4.79 Å². The molecule has 0 aromatic carbocycles. The van der Waals surface area contributed by atoms with Gasteiger partial charge in [-0.15, -0.1) is 0 Å². The summed E-state index contributed by atoms with van der Waals surface area (Å²) in [6.07, 6.45) is 2.36. The van der Waals surface area contributed by atoms with Gasteiger partial charge in [0, 0.05) is 31.7 Å². The van der Waals surface area contributed by atoms with Crippen LogP contribution in [0.4, 0.5) is 4.79 Å². The Balaban J connectivity index is 1.49. The second-order valence-corrected chi connectivity index (χ2v) is 7.11. The first-order valence-corrected chi connectivity index (χ1v) is 8.36. The average Bonchev–Trinajstić information content (AvgIpc) is 3.00. The van der Waals surface area contributed by atoms with Gasteiger partial charge in [0.05, 0.1) is 11.9 Å². The fourth-order valence-corrected chi connectivity index (χ4v) is 2.75. The minimum atomic E-state index is -0.461. The smallest absolute Gasteiger partial charge is 0.410 e. The molecule has 0 radical (unpaired) electrons. The summed E-state index contributed by atoms with van der Waals surface area (Å²) in [6.45, 7) is 8.76. The molecule has 1 N–H and O–H groups in total. The largest absolute Gasteiger partial charge is 0.486 e. The summed E-state index contributed by atoms with van der Waals surface area (Å²) in [7, 11) is 0. The summed E-state index contributed by atoms with van der Waals surface area (Å²) in [5, 5.41) is 3.44. The maximum absolute atomic E-state index is 12.1. The topological polar surface area (TPSA) is 72.9 Å². The number of fused-ring (bicyclic) bond motifs is 1. The lowest BCUT2D eigenvalue weighted by molar-refractivity contribution is 0.0291. The third-order valence-corrected chi connectivity index (χ3v) is 3.90. The highest BCUT2D eigenvalue weighted by atomic mass is 16.6. The van der Waals surface area contributed by atoms with Gasteiger partial charge in [-0.05, 0) is 27.2 Å². The molecule has 3 rings (SSSR count). The maximum Gasteiger partial charge on any atom is 0.410 e. The lowest BCUT2D eigenvalue weighted by Gasteiger charge is -2.24. The van der Waals surface area contributed by atoms with E-state index < -0.39 is 5.60 Å². The number of carbonyl (C=O) groups excluding carboxylic acids is 1. The summed E-state index contributed by atoms with van der Waals surface area (Å²) < 4.78 is 16.5. The molecular formula is C17H25N3O4. The van der Waals surface area contributed by atoms with E-state index in [1.807, 2.05) is 26.8 Å². The van der Waals surface area contributed by atoms with Gasteiger partial charge in [-0.3, -0.25) is 4.98 Å². The first-order valence-electron chi connectivity index (χ1n) is 8.36. The van der Waals surface area contributed by atoms with E-state index in [9.17, 15) is 4.79 Å². The second kappa shape index (κ2) is 6.84. The average molecular weight is 335 g/mol. The molecule has 1 saturated heterocycles. The van der Waals surface area contributed by atoms with E-state index >= 15 is 0 Å². The molecule has 0 unspecified atom stereocenters. The van der Waals surface area contributed by atoms with Gasteiger partial charge in [-0.2, -0.15) is 0 Å². The number of ether oxygens (including phenoxy) is 3. The third kappa shape index (κ3) is 4.29. The maximum atomic E-state index is 12.1. The van der Waals surface area contributed by atoms with Crippen LogP contribution in [0.3, 0.4) is 0 Å². The molecule has 0 aliphatic carbocycles.